The fourth-order valence-corrected chi connectivity index (χ4v) is 2.32. The van der Waals surface area contributed by atoms with Crippen molar-refractivity contribution >= 4 is 15.5 Å². The molecule has 0 saturated heterocycles. The van der Waals surface area contributed by atoms with Gasteiger partial charge in [0.1, 0.15) is 0 Å². The van der Waals surface area contributed by atoms with E-state index in [-0.39, 0.29) is 17.0 Å². The fourth-order valence-electron chi connectivity index (χ4n) is 1.23. The van der Waals surface area contributed by atoms with E-state index in [2.05, 4.69) is 0 Å². The first kappa shape index (κ1) is 13.6. The molecule has 0 saturated carbocycles. The van der Waals surface area contributed by atoms with Crippen LogP contribution in [0.1, 0.15) is 26.3 Å². The monoisotopic (exact) mass is 257 g/mol. The highest BCUT2D eigenvalue weighted by atomic mass is 32.2. The van der Waals surface area contributed by atoms with Gasteiger partial charge in [-0.2, -0.15) is 0 Å². The molecule has 17 heavy (non-hydrogen) atoms. The van der Waals surface area contributed by atoms with Gasteiger partial charge in [0.25, 0.3) is 5.69 Å². The van der Waals surface area contributed by atoms with Gasteiger partial charge in [-0.05, 0) is 20.8 Å². The van der Waals surface area contributed by atoms with Crippen LogP contribution in [0.3, 0.4) is 0 Å². The van der Waals surface area contributed by atoms with E-state index in [0.29, 0.717) is 0 Å². The summed E-state index contributed by atoms with van der Waals surface area (Å²) < 4.78 is 23.0. The molecule has 0 aliphatic carbocycles. The van der Waals surface area contributed by atoms with Crippen molar-refractivity contribution in [3.63, 3.8) is 0 Å². The van der Waals surface area contributed by atoms with E-state index in [9.17, 15) is 18.5 Å². The number of benzene rings is 1. The van der Waals surface area contributed by atoms with Gasteiger partial charge in [0.05, 0.1) is 15.4 Å². The molecule has 6 heteroatoms. The molecular weight excluding hydrogens is 242 g/mol. The molecule has 0 N–H and O–H groups in total. The zero-order chi connectivity index (χ0) is 13.3. The summed E-state index contributed by atoms with van der Waals surface area (Å²) in [5.41, 5.74) is 0.0766. The Hall–Kier alpha value is -1.43. The van der Waals surface area contributed by atoms with Crippen LogP contribution in [0.5, 0.6) is 0 Å². The van der Waals surface area contributed by atoms with Crippen LogP contribution in [-0.4, -0.2) is 18.1 Å². The van der Waals surface area contributed by atoms with Gasteiger partial charge in [-0.3, -0.25) is 10.1 Å². The number of rotatable bonds is 3. The molecule has 0 aliphatic rings. The lowest BCUT2D eigenvalue weighted by molar-refractivity contribution is -0.385. The van der Waals surface area contributed by atoms with Crippen molar-refractivity contribution < 1.29 is 13.3 Å². The predicted octanol–water partition coefficient (Wildman–Crippen LogP) is 2.31. The SMILES string of the molecule is CC(C)(C)S(=O)(=O)Cc1ccccc1[N+](=O)[O-]. The van der Waals surface area contributed by atoms with E-state index in [0.717, 1.165) is 0 Å². The molecule has 0 amide bonds. The average Bonchev–Trinajstić information content (AvgIpc) is 2.15. The van der Waals surface area contributed by atoms with Crippen molar-refractivity contribution in [3.05, 3.63) is 39.9 Å². The molecule has 0 aliphatic heterocycles. The molecule has 5 nitrogen and oxygen atoms in total. The van der Waals surface area contributed by atoms with Crippen LogP contribution in [0.2, 0.25) is 0 Å². The topological polar surface area (TPSA) is 77.3 Å². The molecule has 0 atom stereocenters. The Morgan fingerprint density at radius 1 is 1.24 bits per heavy atom. The van der Waals surface area contributed by atoms with Crippen LogP contribution in [0.4, 0.5) is 5.69 Å². The minimum atomic E-state index is -3.41. The Labute approximate surface area is 101 Å². The third kappa shape index (κ3) is 3.03. The van der Waals surface area contributed by atoms with Crippen LogP contribution >= 0.6 is 0 Å². The summed E-state index contributed by atoms with van der Waals surface area (Å²) in [5.74, 6) is -0.312. The van der Waals surface area contributed by atoms with Gasteiger partial charge in [0.15, 0.2) is 9.84 Å². The second-order valence-corrected chi connectivity index (χ2v) is 7.50. The highest BCUT2D eigenvalue weighted by Gasteiger charge is 2.31. The van der Waals surface area contributed by atoms with Crippen LogP contribution < -0.4 is 0 Å². The van der Waals surface area contributed by atoms with Gasteiger partial charge in [-0.1, -0.05) is 18.2 Å². The van der Waals surface area contributed by atoms with Crippen molar-refractivity contribution in [2.45, 2.75) is 31.3 Å². The predicted molar refractivity (Wildman–Crippen MR) is 65.5 cm³/mol. The Bertz CT molecular complexity index is 529. The number of nitro groups is 1. The van der Waals surface area contributed by atoms with E-state index in [1.54, 1.807) is 26.8 Å². The lowest BCUT2D eigenvalue weighted by Gasteiger charge is -2.18. The highest BCUT2D eigenvalue weighted by Crippen LogP contribution is 2.25. The quantitative estimate of drug-likeness (QED) is 0.615. The zero-order valence-electron chi connectivity index (χ0n) is 10.0. The standard InChI is InChI=1S/C11H15NO4S/c1-11(2,3)17(15,16)8-9-6-4-5-7-10(9)12(13)14/h4-7H,8H2,1-3H3. The maximum atomic E-state index is 12.0. The molecule has 0 heterocycles. The van der Waals surface area contributed by atoms with Gasteiger partial charge in [-0.25, -0.2) is 8.42 Å². The van der Waals surface area contributed by atoms with Crippen molar-refractivity contribution in [3.8, 4) is 0 Å². The zero-order valence-corrected chi connectivity index (χ0v) is 10.8. The average molecular weight is 257 g/mol. The van der Waals surface area contributed by atoms with E-state index in [4.69, 9.17) is 0 Å². The molecule has 0 spiro atoms. The Morgan fingerprint density at radius 3 is 2.24 bits per heavy atom. The van der Waals surface area contributed by atoms with Crippen LogP contribution in [0.25, 0.3) is 0 Å². The minimum Gasteiger partial charge on any atom is -0.258 e. The second-order valence-electron chi connectivity index (χ2n) is 4.76. The van der Waals surface area contributed by atoms with Crippen molar-refractivity contribution in [1.82, 2.24) is 0 Å². The van der Waals surface area contributed by atoms with Gasteiger partial charge in [0.2, 0.25) is 0 Å². The Balaban J connectivity index is 3.18. The van der Waals surface area contributed by atoms with Crippen LogP contribution in [0.15, 0.2) is 24.3 Å². The molecule has 94 valence electrons. The maximum absolute atomic E-state index is 12.0. The number of para-hydroxylation sites is 1. The lowest BCUT2D eigenvalue weighted by atomic mass is 10.2. The first-order chi connectivity index (χ1) is 7.65. The Morgan fingerprint density at radius 2 is 1.76 bits per heavy atom. The molecule has 0 bridgehead atoms. The lowest BCUT2D eigenvalue weighted by Crippen LogP contribution is -2.29. The Kier molecular flexibility index (Phi) is 3.56. The van der Waals surface area contributed by atoms with Crippen molar-refractivity contribution in [1.29, 1.82) is 0 Å². The van der Waals surface area contributed by atoms with E-state index < -0.39 is 19.5 Å². The summed E-state index contributed by atoms with van der Waals surface area (Å²) in [5, 5.41) is 10.8. The number of sulfone groups is 1. The fraction of sp³-hybridized carbons (Fsp3) is 0.455. The molecule has 1 aromatic rings. The summed E-state index contributed by atoms with van der Waals surface area (Å²) in [6.45, 7) is 4.74. The summed E-state index contributed by atoms with van der Waals surface area (Å²) in [4.78, 5) is 10.2. The van der Waals surface area contributed by atoms with E-state index in [1.807, 2.05) is 0 Å². The third-order valence-corrected chi connectivity index (χ3v) is 5.02. The van der Waals surface area contributed by atoms with Gasteiger partial charge in [-0.15, -0.1) is 0 Å². The van der Waals surface area contributed by atoms with Crippen molar-refractivity contribution in [2.24, 2.45) is 0 Å². The van der Waals surface area contributed by atoms with Gasteiger partial charge >= 0.3 is 0 Å². The van der Waals surface area contributed by atoms with E-state index >= 15 is 0 Å². The second kappa shape index (κ2) is 4.44. The first-order valence-corrected chi connectivity index (χ1v) is 6.75. The normalized spacial score (nSPS) is 12.4. The summed E-state index contributed by atoms with van der Waals surface area (Å²) >= 11 is 0. The number of nitrogens with zero attached hydrogens (tertiary/aromatic N) is 1. The smallest absolute Gasteiger partial charge is 0.258 e. The summed E-state index contributed by atoms with van der Waals surface area (Å²) in [6.07, 6.45) is 0. The highest BCUT2D eigenvalue weighted by molar-refractivity contribution is 7.91. The number of nitro benzene ring substituents is 1. The van der Waals surface area contributed by atoms with E-state index in [1.165, 1.54) is 18.2 Å². The van der Waals surface area contributed by atoms with Gasteiger partial charge < -0.3 is 0 Å². The summed E-state index contributed by atoms with van der Waals surface area (Å²) in [6, 6.07) is 5.90. The minimum absolute atomic E-state index is 0.152. The molecule has 0 unspecified atom stereocenters. The number of hydrogen-bond acceptors (Lipinski definition) is 4. The summed E-state index contributed by atoms with van der Waals surface area (Å²) in [7, 11) is -3.41. The van der Waals surface area contributed by atoms with Gasteiger partial charge in [0, 0.05) is 11.6 Å². The molecule has 0 fully saturated rings. The third-order valence-electron chi connectivity index (χ3n) is 2.47. The molecular formula is C11H15NO4S. The maximum Gasteiger partial charge on any atom is 0.273 e. The molecule has 0 aromatic heterocycles. The van der Waals surface area contributed by atoms with Crippen LogP contribution in [-0.2, 0) is 15.6 Å². The van der Waals surface area contributed by atoms with Crippen molar-refractivity contribution in [2.75, 3.05) is 0 Å². The largest absolute Gasteiger partial charge is 0.273 e. The van der Waals surface area contributed by atoms with Crippen LogP contribution in [0, 0.1) is 10.1 Å². The molecule has 1 rings (SSSR count). The molecule has 1 aromatic carbocycles. The molecule has 0 radical (unpaired) electrons. The first-order valence-electron chi connectivity index (χ1n) is 5.10. The number of hydrogen-bond donors (Lipinski definition) is 0.